The SMILES string of the molecule is NS(=O)(=O)CC1CC(=O)N(c2cnc(C(=O)O)cn2)C1. The van der Waals surface area contributed by atoms with Crippen LogP contribution in [-0.2, 0) is 14.8 Å². The molecule has 20 heavy (non-hydrogen) atoms. The van der Waals surface area contributed by atoms with Crippen LogP contribution in [0.1, 0.15) is 16.9 Å². The molecule has 1 aliphatic heterocycles. The fourth-order valence-corrected chi connectivity index (χ4v) is 2.89. The fraction of sp³-hybridized carbons (Fsp3) is 0.400. The molecule has 2 rings (SSSR count). The van der Waals surface area contributed by atoms with E-state index in [9.17, 15) is 18.0 Å². The Balaban J connectivity index is 2.13. The van der Waals surface area contributed by atoms with Gasteiger partial charge < -0.3 is 5.11 Å². The Bertz CT molecular complexity index is 642. The standard InChI is InChI=1S/C10H12N4O5S/c11-20(18,19)5-6-1-9(15)14(4-6)8-3-12-7(2-13-8)10(16)17/h2-3,6H,1,4-5H2,(H,16,17)(H2,11,18,19). The Kier molecular flexibility index (Phi) is 3.68. The number of primary sulfonamides is 1. The summed E-state index contributed by atoms with van der Waals surface area (Å²) in [6, 6.07) is 0. The van der Waals surface area contributed by atoms with Crippen LogP contribution in [-0.4, -0.2) is 47.7 Å². The van der Waals surface area contributed by atoms with Gasteiger partial charge in [-0.15, -0.1) is 0 Å². The molecule has 1 atom stereocenters. The lowest BCUT2D eigenvalue weighted by Crippen LogP contribution is -2.28. The molecule has 0 bridgehead atoms. The summed E-state index contributed by atoms with van der Waals surface area (Å²) in [6.07, 6.45) is 2.26. The van der Waals surface area contributed by atoms with E-state index in [1.54, 1.807) is 0 Å². The van der Waals surface area contributed by atoms with Gasteiger partial charge in [0.2, 0.25) is 15.9 Å². The predicted molar refractivity (Wildman–Crippen MR) is 67.4 cm³/mol. The lowest BCUT2D eigenvalue weighted by atomic mass is 10.1. The molecule has 0 aliphatic carbocycles. The van der Waals surface area contributed by atoms with Crippen molar-refractivity contribution in [2.75, 3.05) is 17.2 Å². The summed E-state index contributed by atoms with van der Waals surface area (Å²) in [4.78, 5) is 31.2. The number of carbonyl (C=O) groups excluding carboxylic acids is 1. The van der Waals surface area contributed by atoms with E-state index >= 15 is 0 Å². The molecule has 0 spiro atoms. The number of aromatic carboxylic acids is 1. The highest BCUT2D eigenvalue weighted by Crippen LogP contribution is 2.23. The summed E-state index contributed by atoms with van der Waals surface area (Å²) < 4.78 is 22.0. The first-order chi connectivity index (χ1) is 9.26. The van der Waals surface area contributed by atoms with E-state index in [-0.39, 0.29) is 36.1 Å². The van der Waals surface area contributed by atoms with Crippen molar-refractivity contribution in [3.63, 3.8) is 0 Å². The van der Waals surface area contributed by atoms with Crippen molar-refractivity contribution in [3.8, 4) is 0 Å². The third-order valence-corrected chi connectivity index (χ3v) is 3.74. The van der Waals surface area contributed by atoms with Gasteiger partial charge in [-0.2, -0.15) is 0 Å². The van der Waals surface area contributed by atoms with Gasteiger partial charge >= 0.3 is 5.97 Å². The Labute approximate surface area is 114 Å². The molecule has 1 saturated heterocycles. The second kappa shape index (κ2) is 5.13. The molecule has 1 aromatic rings. The summed E-state index contributed by atoms with van der Waals surface area (Å²) in [6.45, 7) is 0.163. The molecule has 1 aromatic heterocycles. The third kappa shape index (κ3) is 3.27. The first-order valence-corrected chi connectivity index (χ1v) is 7.34. The van der Waals surface area contributed by atoms with Crippen molar-refractivity contribution in [2.24, 2.45) is 11.1 Å². The van der Waals surface area contributed by atoms with Crippen LogP contribution in [0.5, 0.6) is 0 Å². The van der Waals surface area contributed by atoms with Crippen LogP contribution in [0.15, 0.2) is 12.4 Å². The maximum Gasteiger partial charge on any atom is 0.356 e. The largest absolute Gasteiger partial charge is 0.476 e. The minimum Gasteiger partial charge on any atom is -0.476 e. The average molecular weight is 300 g/mol. The smallest absolute Gasteiger partial charge is 0.356 e. The van der Waals surface area contributed by atoms with E-state index in [0.717, 1.165) is 6.20 Å². The molecule has 1 unspecified atom stereocenters. The summed E-state index contributed by atoms with van der Waals surface area (Å²) in [5, 5.41) is 13.6. The second-order valence-corrected chi connectivity index (χ2v) is 6.13. The van der Waals surface area contributed by atoms with Gasteiger partial charge in [0.1, 0.15) is 0 Å². The van der Waals surface area contributed by atoms with Crippen LogP contribution in [0.25, 0.3) is 0 Å². The molecule has 0 aromatic carbocycles. The van der Waals surface area contributed by atoms with E-state index in [0.29, 0.717) is 0 Å². The lowest BCUT2D eigenvalue weighted by Gasteiger charge is -2.14. The van der Waals surface area contributed by atoms with Gasteiger partial charge in [0.05, 0.1) is 18.1 Å². The zero-order valence-electron chi connectivity index (χ0n) is 10.3. The van der Waals surface area contributed by atoms with Gasteiger partial charge in [-0.3, -0.25) is 9.69 Å². The molecule has 10 heteroatoms. The number of carboxylic acid groups (broad SMARTS) is 1. The number of carbonyl (C=O) groups is 2. The minimum atomic E-state index is -3.65. The van der Waals surface area contributed by atoms with Crippen LogP contribution in [0, 0.1) is 5.92 Å². The van der Waals surface area contributed by atoms with E-state index in [1.165, 1.54) is 11.1 Å². The van der Waals surface area contributed by atoms with Crippen molar-refractivity contribution in [2.45, 2.75) is 6.42 Å². The third-order valence-electron chi connectivity index (χ3n) is 2.81. The van der Waals surface area contributed by atoms with Crippen LogP contribution in [0.3, 0.4) is 0 Å². The van der Waals surface area contributed by atoms with Crippen molar-refractivity contribution in [1.82, 2.24) is 9.97 Å². The second-order valence-electron chi connectivity index (χ2n) is 4.47. The lowest BCUT2D eigenvalue weighted by molar-refractivity contribution is -0.117. The number of carboxylic acids is 1. The molecular weight excluding hydrogens is 288 g/mol. The number of rotatable bonds is 4. The summed E-state index contributed by atoms with van der Waals surface area (Å²) >= 11 is 0. The molecule has 1 amide bonds. The Morgan fingerprint density at radius 1 is 1.45 bits per heavy atom. The number of hydrogen-bond donors (Lipinski definition) is 2. The first-order valence-electron chi connectivity index (χ1n) is 5.62. The van der Waals surface area contributed by atoms with Crippen molar-refractivity contribution in [3.05, 3.63) is 18.1 Å². The minimum absolute atomic E-state index is 0.0544. The molecule has 0 radical (unpaired) electrons. The van der Waals surface area contributed by atoms with E-state index < -0.39 is 21.9 Å². The van der Waals surface area contributed by atoms with Crippen molar-refractivity contribution >= 4 is 27.7 Å². The molecule has 0 saturated carbocycles. The van der Waals surface area contributed by atoms with Gasteiger partial charge in [0.15, 0.2) is 11.5 Å². The molecular formula is C10H12N4O5S. The van der Waals surface area contributed by atoms with Crippen LogP contribution < -0.4 is 10.0 Å². The van der Waals surface area contributed by atoms with E-state index in [2.05, 4.69) is 9.97 Å². The zero-order valence-corrected chi connectivity index (χ0v) is 11.1. The fourth-order valence-electron chi connectivity index (χ4n) is 2.01. The maximum atomic E-state index is 11.8. The van der Waals surface area contributed by atoms with Crippen molar-refractivity contribution in [1.29, 1.82) is 0 Å². The van der Waals surface area contributed by atoms with Gasteiger partial charge in [0.25, 0.3) is 0 Å². The highest BCUT2D eigenvalue weighted by atomic mass is 32.2. The number of amides is 1. The monoisotopic (exact) mass is 300 g/mol. The van der Waals surface area contributed by atoms with Crippen molar-refractivity contribution < 1.29 is 23.1 Å². The summed E-state index contributed by atoms with van der Waals surface area (Å²) in [5.41, 5.74) is -0.235. The van der Waals surface area contributed by atoms with Crippen LogP contribution in [0.4, 0.5) is 5.82 Å². The number of nitrogens with zero attached hydrogens (tertiary/aromatic N) is 3. The normalized spacial score (nSPS) is 19.4. The van der Waals surface area contributed by atoms with Gasteiger partial charge in [-0.25, -0.2) is 28.3 Å². The molecule has 108 valence electrons. The Hall–Kier alpha value is -2.07. The number of anilines is 1. The number of hydrogen-bond acceptors (Lipinski definition) is 6. The quantitative estimate of drug-likeness (QED) is 0.711. The molecule has 1 fully saturated rings. The van der Waals surface area contributed by atoms with Gasteiger partial charge in [-0.1, -0.05) is 0 Å². The number of sulfonamides is 1. The first kappa shape index (κ1) is 14.3. The number of nitrogens with two attached hydrogens (primary N) is 1. The maximum absolute atomic E-state index is 11.8. The average Bonchev–Trinajstić information content (AvgIpc) is 2.67. The molecule has 2 heterocycles. The van der Waals surface area contributed by atoms with Crippen LogP contribution >= 0.6 is 0 Å². The van der Waals surface area contributed by atoms with E-state index in [4.69, 9.17) is 10.2 Å². The molecule has 9 nitrogen and oxygen atoms in total. The molecule has 1 aliphatic rings. The topological polar surface area (TPSA) is 144 Å². The molecule has 3 N–H and O–H groups in total. The highest BCUT2D eigenvalue weighted by molar-refractivity contribution is 7.89. The summed E-state index contributed by atoms with van der Waals surface area (Å²) in [5.74, 6) is -2.01. The van der Waals surface area contributed by atoms with Gasteiger partial charge in [0, 0.05) is 18.9 Å². The Morgan fingerprint density at radius 3 is 2.65 bits per heavy atom. The predicted octanol–water partition coefficient (Wildman–Crippen LogP) is -1.18. The van der Waals surface area contributed by atoms with Gasteiger partial charge in [-0.05, 0) is 0 Å². The zero-order chi connectivity index (χ0) is 14.9. The van der Waals surface area contributed by atoms with Crippen LogP contribution in [0.2, 0.25) is 0 Å². The highest BCUT2D eigenvalue weighted by Gasteiger charge is 2.33. The number of aromatic nitrogens is 2. The Morgan fingerprint density at radius 2 is 2.15 bits per heavy atom. The van der Waals surface area contributed by atoms with E-state index in [1.807, 2.05) is 0 Å². The summed E-state index contributed by atoms with van der Waals surface area (Å²) in [7, 11) is -3.65.